The van der Waals surface area contributed by atoms with Crippen LogP contribution in [0.3, 0.4) is 0 Å². The van der Waals surface area contributed by atoms with Crippen molar-refractivity contribution in [3.63, 3.8) is 0 Å². The molecule has 0 N–H and O–H groups in total. The van der Waals surface area contributed by atoms with E-state index in [9.17, 15) is 0 Å². The van der Waals surface area contributed by atoms with Crippen LogP contribution in [0.1, 0.15) is 25.0 Å². The van der Waals surface area contributed by atoms with Crippen molar-refractivity contribution < 1.29 is 0 Å². The zero-order valence-electron chi connectivity index (χ0n) is 38.3. The molecule has 0 atom stereocenters. The van der Waals surface area contributed by atoms with Crippen molar-refractivity contribution in [2.75, 3.05) is 0 Å². The Kier molecular flexibility index (Phi) is 10.4. The van der Waals surface area contributed by atoms with Crippen LogP contribution in [-0.4, -0.2) is 24.9 Å². The second kappa shape index (κ2) is 17.4. The SMILES string of the molecule is CC1(C)c2ccccc2-c2c(-c3nc(-c4ccc(-c5ccccc5)cc4)nc(-c4cccc(-c5cccc(-c6cc(-c7ccccc7)nc(-c7cccc(-c8ccccc8)c7)n6)c5)c4)n3)cccc21. The van der Waals surface area contributed by atoms with Crippen molar-refractivity contribution >= 4 is 0 Å². The van der Waals surface area contributed by atoms with Crippen molar-refractivity contribution in [3.05, 3.63) is 248 Å². The normalized spacial score (nSPS) is 12.3. The predicted octanol–water partition coefficient (Wildman–Crippen LogP) is 16.0. The van der Waals surface area contributed by atoms with Crippen LogP contribution in [0.25, 0.3) is 113 Å². The van der Waals surface area contributed by atoms with Gasteiger partial charge in [0.25, 0.3) is 0 Å². The number of hydrogen-bond acceptors (Lipinski definition) is 5. The fourth-order valence-electron chi connectivity index (χ4n) is 9.78. The van der Waals surface area contributed by atoms with Gasteiger partial charge in [-0.05, 0) is 79.9 Å². The van der Waals surface area contributed by atoms with Crippen molar-refractivity contribution in [3.8, 4) is 113 Å². The summed E-state index contributed by atoms with van der Waals surface area (Å²) < 4.78 is 0. The number of hydrogen-bond donors (Lipinski definition) is 0. The monoisotopic (exact) mass is 883 g/mol. The van der Waals surface area contributed by atoms with E-state index in [2.05, 4.69) is 220 Å². The van der Waals surface area contributed by atoms with E-state index in [1.807, 2.05) is 30.3 Å². The summed E-state index contributed by atoms with van der Waals surface area (Å²) in [5.41, 5.74) is 18.9. The number of fused-ring (bicyclic) bond motifs is 3. The Morgan fingerprint density at radius 2 is 0.623 bits per heavy atom. The van der Waals surface area contributed by atoms with Gasteiger partial charge in [-0.15, -0.1) is 0 Å². The molecule has 11 aromatic rings. The molecule has 69 heavy (non-hydrogen) atoms. The minimum atomic E-state index is -0.166. The van der Waals surface area contributed by atoms with Gasteiger partial charge >= 0.3 is 0 Å². The third-order valence-corrected chi connectivity index (χ3v) is 13.4. The lowest BCUT2D eigenvalue weighted by Crippen LogP contribution is -2.14. The molecular formula is C64H45N5. The van der Waals surface area contributed by atoms with Crippen LogP contribution in [0.15, 0.2) is 237 Å². The Hall–Kier alpha value is -8.93. The molecule has 9 aromatic carbocycles. The van der Waals surface area contributed by atoms with E-state index in [4.69, 9.17) is 24.9 Å². The van der Waals surface area contributed by atoms with Gasteiger partial charge in [-0.3, -0.25) is 0 Å². The fraction of sp³-hybridized carbons (Fsp3) is 0.0469. The number of aromatic nitrogens is 5. The van der Waals surface area contributed by atoms with Gasteiger partial charge in [0.15, 0.2) is 23.3 Å². The minimum Gasteiger partial charge on any atom is -0.228 e. The molecule has 0 bridgehead atoms. The first kappa shape index (κ1) is 41.5. The molecule has 2 aromatic heterocycles. The summed E-state index contributed by atoms with van der Waals surface area (Å²) in [4.78, 5) is 26.2. The molecule has 0 unspecified atom stereocenters. The van der Waals surface area contributed by atoms with Crippen molar-refractivity contribution in [1.29, 1.82) is 0 Å². The average Bonchev–Trinajstić information content (AvgIpc) is 3.67. The van der Waals surface area contributed by atoms with E-state index >= 15 is 0 Å². The molecular weight excluding hydrogens is 839 g/mol. The Balaban J connectivity index is 0.960. The first-order valence-corrected chi connectivity index (χ1v) is 23.4. The highest BCUT2D eigenvalue weighted by atomic mass is 15.0. The van der Waals surface area contributed by atoms with Gasteiger partial charge in [0.05, 0.1) is 11.4 Å². The topological polar surface area (TPSA) is 64.5 Å². The molecule has 0 spiro atoms. The molecule has 1 aliphatic carbocycles. The van der Waals surface area contributed by atoms with Gasteiger partial charge < -0.3 is 0 Å². The van der Waals surface area contributed by atoms with Gasteiger partial charge in [0.1, 0.15) is 0 Å². The minimum absolute atomic E-state index is 0.166. The highest BCUT2D eigenvalue weighted by molar-refractivity contribution is 5.91. The lowest BCUT2D eigenvalue weighted by Gasteiger charge is -2.21. The summed E-state index contributed by atoms with van der Waals surface area (Å²) >= 11 is 0. The first-order valence-electron chi connectivity index (χ1n) is 23.4. The van der Waals surface area contributed by atoms with Crippen LogP contribution in [-0.2, 0) is 5.41 Å². The standard InChI is InChI=1S/C64H45N5/c1-64(2)55-32-13-12-30-53(55)59-54(31-17-33-56(59)64)63-68-60(46-36-34-44(35-37-46)42-18-6-3-7-19-42)67-62(69-63)52-29-16-26-49(40-52)48-25-14-27-50(38-48)58-41-57(45-22-10-5-11-23-45)65-61(66-58)51-28-15-24-47(39-51)43-20-8-4-9-21-43/h3-41H,1-2H3. The van der Waals surface area contributed by atoms with Crippen LogP contribution in [0, 0.1) is 0 Å². The van der Waals surface area contributed by atoms with E-state index in [0.29, 0.717) is 23.3 Å². The van der Waals surface area contributed by atoms with Crippen LogP contribution in [0.5, 0.6) is 0 Å². The molecule has 0 saturated carbocycles. The molecule has 5 nitrogen and oxygen atoms in total. The van der Waals surface area contributed by atoms with Crippen molar-refractivity contribution in [2.24, 2.45) is 0 Å². The molecule has 0 saturated heterocycles. The van der Waals surface area contributed by atoms with E-state index in [1.54, 1.807) is 0 Å². The zero-order valence-corrected chi connectivity index (χ0v) is 38.3. The summed E-state index contributed by atoms with van der Waals surface area (Å²) in [6, 6.07) is 82.6. The molecule has 5 heteroatoms. The lowest BCUT2D eigenvalue weighted by atomic mass is 9.82. The molecule has 1 aliphatic rings. The lowest BCUT2D eigenvalue weighted by molar-refractivity contribution is 0.660. The third-order valence-electron chi connectivity index (χ3n) is 13.4. The third kappa shape index (κ3) is 7.90. The fourth-order valence-corrected chi connectivity index (χ4v) is 9.78. The Morgan fingerprint density at radius 1 is 0.246 bits per heavy atom. The van der Waals surface area contributed by atoms with Crippen molar-refractivity contribution in [2.45, 2.75) is 19.3 Å². The molecule has 0 radical (unpaired) electrons. The number of benzene rings is 9. The van der Waals surface area contributed by atoms with Gasteiger partial charge in [0, 0.05) is 38.8 Å². The largest absolute Gasteiger partial charge is 0.228 e. The summed E-state index contributed by atoms with van der Waals surface area (Å²) in [6.45, 7) is 4.61. The van der Waals surface area contributed by atoms with Crippen LogP contribution >= 0.6 is 0 Å². The Morgan fingerprint density at radius 3 is 1.26 bits per heavy atom. The Bertz CT molecular complexity index is 3680. The molecule has 0 aliphatic heterocycles. The van der Waals surface area contributed by atoms with Gasteiger partial charge in [-0.2, -0.15) is 0 Å². The van der Waals surface area contributed by atoms with Crippen LogP contribution < -0.4 is 0 Å². The summed E-state index contributed by atoms with van der Waals surface area (Å²) in [6.07, 6.45) is 0. The highest BCUT2D eigenvalue weighted by Gasteiger charge is 2.37. The molecule has 2 heterocycles. The second-order valence-electron chi connectivity index (χ2n) is 18.1. The van der Waals surface area contributed by atoms with E-state index in [-0.39, 0.29) is 5.41 Å². The predicted molar refractivity (Wildman–Crippen MR) is 282 cm³/mol. The highest BCUT2D eigenvalue weighted by Crippen LogP contribution is 2.51. The van der Waals surface area contributed by atoms with Gasteiger partial charge in [-0.1, -0.05) is 226 Å². The molecule has 0 amide bonds. The second-order valence-corrected chi connectivity index (χ2v) is 18.1. The summed E-state index contributed by atoms with van der Waals surface area (Å²) in [7, 11) is 0. The smallest absolute Gasteiger partial charge is 0.164 e. The van der Waals surface area contributed by atoms with Crippen molar-refractivity contribution in [1.82, 2.24) is 24.9 Å². The Labute approximate surface area is 402 Å². The molecule has 12 rings (SSSR count). The van der Waals surface area contributed by atoms with Gasteiger partial charge in [-0.25, -0.2) is 24.9 Å². The van der Waals surface area contributed by atoms with E-state index < -0.39 is 0 Å². The summed E-state index contributed by atoms with van der Waals surface area (Å²) in [5, 5.41) is 0. The first-order chi connectivity index (χ1) is 33.9. The quantitative estimate of drug-likeness (QED) is 0.144. The van der Waals surface area contributed by atoms with E-state index in [1.165, 1.54) is 22.3 Å². The average molecular weight is 884 g/mol. The molecule has 326 valence electrons. The zero-order chi connectivity index (χ0) is 46.3. The number of rotatable bonds is 9. The summed E-state index contributed by atoms with van der Waals surface area (Å²) in [5.74, 6) is 2.54. The molecule has 0 fully saturated rings. The van der Waals surface area contributed by atoms with E-state index in [0.717, 1.165) is 78.1 Å². The van der Waals surface area contributed by atoms with Crippen LogP contribution in [0.4, 0.5) is 0 Å². The maximum Gasteiger partial charge on any atom is 0.164 e. The maximum absolute atomic E-state index is 5.33. The number of nitrogens with zero attached hydrogens (tertiary/aromatic N) is 5. The maximum atomic E-state index is 5.33. The van der Waals surface area contributed by atoms with Gasteiger partial charge in [0.2, 0.25) is 0 Å². The van der Waals surface area contributed by atoms with Crippen LogP contribution in [0.2, 0.25) is 0 Å².